The van der Waals surface area contributed by atoms with E-state index in [1.165, 1.54) is 38.5 Å². The topological polar surface area (TPSA) is 36.4 Å². The molecule has 25 heavy (non-hydrogen) atoms. The third kappa shape index (κ3) is 5.18. The molecule has 2 rings (SSSR count). The fourth-order valence-electron chi connectivity index (χ4n) is 3.73. The molecule has 1 aromatic carbocycles. The van der Waals surface area contributed by atoms with Gasteiger partial charge in [0.1, 0.15) is 11.3 Å². The van der Waals surface area contributed by atoms with Crippen molar-refractivity contribution >= 4 is 10.9 Å². The van der Waals surface area contributed by atoms with Gasteiger partial charge in [-0.15, -0.1) is 0 Å². The smallest absolute Gasteiger partial charge is 0.146 e. The summed E-state index contributed by atoms with van der Waals surface area (Å²) in [6.45, 7) is 8.66. The Morgan fingerprint density at radius 3 is 2.40 bits per heavy atom. The number of unbranched alkanes of at least 4 members (excludes halogenated alkanes) is 5. The molecule has 0 aliphatic carbocycles. The first kappa shape index (κ1) is 19.7. The van der Waals surface area contributed by atoms with Crippen LogP contribution in [0.25, 0.3) is 10.9 Å². The molecule has 1 aromatic heterocycles. The van der Waals surface area contributed by atoms with Crippen LogP contribution in [0.2, 0.25) is 0 Å². The van der Waals surface area contributed by atoms with Gasteiger partial charge >= 0.3 is 0 Å². The molecule has 1 atom stereocenters. The maximum atomic E-state index is 10.8. The number of benzene rings is 1. The Morgan fingerprint density at radius 1 is 0.960 bits per heavy atom. The molecule has 0 spiro atoms. The highest BCUT2D eigenvalue weighted by Crippen LogP contribution is 2.36. The maximum Gasteiger partial charge on any atom is 0.146 e. The Kier molecular flexibility index (Phi) is 8.20. The summed E-state index contributed by atoms with van der Waals surface area (Å²) in [4.78, 5) is 6.85. The average Bonchev–Trinajstić information content (AvgIpc) is 2.65. The molecule has 0 aliphatic rings. The molecule has 0 bridgehead atoms. The summed E-state index contributed by atoms with van der Waals surface area (Å²) in [5.41, 5.74) is 1.75. The zero-order chi connectivity index (χ0) is 18.1. The Morgan fingerprint density at radius 2 is 1.68 bits per heavy atom. The normalized spacial score (nSPS) is 12.8. The average molecular weight is 343 g/mol. The lowest BCUT2D eigenvalue weighted by molar-refractivity contribution is 0.200. The van der Waals surface area contributed by atoms with Crippen molar-refractivity contribution in [2.45, 2.75) is 71.8 Å². The zero-order valence-corrected chi connectivity index (χ0v) is 16.2. The summed E-state index contributed by atoms with van der Waals surface area (Å²) in [6.07, 6.45) is 10.7. The second kappa shape index (κ2) is 10.4. The second-order valence-electron chi connectivity index (χ2n) is 6.87. The standard InChI is InChI=1S/C22H34N2O/c1-4-7-8-9-10-11-14-20(24(5-2)6-3)19-16-15-18-13-12-17-23-21(18)22(19)25/h12-13,15-17,20,25H,4-11,14H2,1-3H3/t20-/m1/s1. The van der Waals surface area contributed by atoms with Crippen molar-refractivity contribution in [1.29, 1.82) is 0 Å². The van der Waals surface area contributed by atoms with E-state index in [9.17, 15) is 5.11 Å². The fraction of sp³-hybridized carbons (Fsp3) is 0.591. The van der Waals surface area contributed by atoms with Crippen LogP contribution in [-0.4, -0.2) is 28.1 Å². The van der Waals surface area contributed by atoms with Gasteiger partial charge in [-0.2, -0.15) is 0 Å². The van der Waals surface area contributed by atoms with Crippen molar-refractivity contribution < 1.29 is 5.11 Å². The van der Waals surface area contributed by atoms with Gasteiger partial charge in [0.15, 0.2) is 0 Å². The van der Waals surface area contributed by atoms with Crippen LogP contribution in [0.5, 0.6) is 5.75 Å². The SMILES string of the molecule is CCCCCCCC[C@H](c1ccc2cccnc2c1O)N(CC)CC. The number of rotatable bonds is 11. The minimum atomic E-state index is 0.271. The first-order chi connectivity index (χ1) is 12.2. The molecule has 3 heteroatoms. The van der Waals surface area contributed by atoms with Gasteiger partial charge in [0.2, 0.25) is 0 Å². The predicted octanol–water partition coefficient (Wildman–Crippen LogP) is 6.07. The molecular formula is C22H34N2O. The Hall–Kier alpha value is -1.61. The highest BCUT2D eigenvalue weighted by atomic mass is 16.3. The minimum absolute atomic E-state index is 0.271. The molecule has 1 heterocycles. The first-order valence-corrected chi connectivity index (χ1v) is 10.0. The summed E-state index contributed by atoms with van der Waals surface area (Å²) in [6, 6.07) is 8.38. The molecule has 0 aliphatic heterocycles. The van der Waals surface area contributed by atoms with Crippen LogP contribution in [0.1, 0.15) is 77.3 Å². The number of hydrogen-bond acceptors (Lipinski definition) is 3. The molecule has 3 nitrogen and oxygen atoms in total. The van der Waals surface area contributed by atoms with Gasteiger partial charge in [-0.05, 0) is 25.6 Å². The van der Waals surface area contributed by atoms with Crippen LogP contribution in [-0.2, 0) is 0 Å². The number of aromatic nitrogens is 1. The summed E-state index contributed by atoms with van der Waals surface area (Å²) in [7, 11) is 0. The fourth-order valence-corrected chi connectivity index (χ4v) is 3.73. The van der Waals surface area contributed by atoms with Crippen molar-refractivity contribution in [2.75, 3.05) is 13.1 Å². The number of fused-ring (bicyclic) bond motifs is 1. The third-order valence-corrected chi connectivity index (χ3v) is 5.22. The maximum absolute atomic E-state index is 10.8. The molecule has 0 unspecified atom stereocenters. The van der Waals surface area contributed by atoms with E-state index in [-0.39, 0.29) is 6.04 Å². The number of phenolic OH excluding ortho intramolecular Hbond substituents is 1. The summed E-state index contributed by atoms with van der Waals surface area (Å²) < 4.78 is 0. The van der Waals surface area contributed by atoms with Crippen molar-refractivity contribution in [2.24, 2.45) is 0 Å². The molecule has 0 fully saturated rings. The van der Waals surface area contributed by atoms with Crippen LogP contribution in [0.3, 0.4) is 0 Å². The number of pyridine rings is 1. The monoisotopic (exact) mass is 342 g/mol. The third-order valence-electron chi connectivity index (χ3n) is 5.22. The van der Waals surface area contributed by atoms with Gasteiger partial charge in [0.25, 0.3) is 0 Å². The summed E-state index contributed by atoms with van der Waals surface area (Å²) >= 11 is 0. The van der Waals surface area contributed by atoms with E-state index in [4.69, 9.17) is 0 Å². The molecule has 2 aromatic rings. The molecule has 138 valence electrons. The quantitative estimate of drug-likeness (QED) is 0.503. The van der Waals surface area contributed by atoms with Gasteiger partial charge in [-0.25, -0.2) is 0 Å². The molecule has 0 amide bonds. The van der Waals surface area contributed by atoms with E-state index in [1.54, 1.807) is 6.20 Å². The second-order valence-corrected chi connectivity index (χ2v) is 6.87. The Labute approximate surface area is 153 Å². The largest absolute Gasteiger partial charge is 0.505 e. The van der Waals surface area contributed by atoms with Crippen LogP contribution in [0.4, 0.5) is 0 Å². The van der Waals surface area contributed by atoms with Crippen LogP contribution < -0.4 is 0 Å². The van der Waals surface area contributed by atoms with Gasteiger partial charge < -0.3 is 5.11 Å². The van der Waals surface area contributed by atoms with Crippen molar-refractivity contribution in [3.8, 4) is 5.75 Å². The summed E-state index contributed by atoms with van der Waals surface area (Å²) in [5, 5.41) is 11.8. The van der Waals surface area contributed by atoms with E-state index < -0.39 is 0 Å². The lowest BCUT2D eigenvalue weighted by Gasteiger charge is -2.31. The lowest BCUT2D eigenvalue weighted by Crippen LogP contribution is -2.28. The van der Waals surface area contributed by atoms with Crippen molar-refractivity contribution in [1.82, 2.24) is 9.88 Å². The number of nitrogens with zero attached hydrogens (tertiary/aromatic N) is 2. The van der Waals surface area contributed by atoms with E-state index in [0.717, 1.165) is 36.0 Å². The Balaban J connectivity index is 2.16. The predicted molar refractivity (Wildman–Crippen MR) is 107 cm³/mol. The van der Waals surface area contributed by atoms with Gasteiger partial charge in [-0.3, -0.25) is 9.88 Å². The molecule has 1 N–H and O–H groups in total. The molecular weight excluding hydrogens is 308 g/mol. The summed E-state index contributed by atoms with van der Waals surface area (Å²) in [5.74, 6) is 0.362. The number of phenols is 1. The first-order valence-electron chi connectivity index (χ1n) is 10.0. The Bertz CT molecular complexity index is 637. The molecule has 0 saturated carbocycles. The van der Waals surface area contributed by atoms with Crippen molar-refractivity contribution in [3.63, 3.8) is 0 Å². The van der Waals surface area contributed by atoms with Crippen LogP contribution in [0, 0.1) is 0 Å². The number of hydrogen-bond donors (Lipinski definition) is 1. The van der Waals surface area contributed by atoms with E-state index in [2.05, 4.69) is 42.8 Å². The highest BCUT2D eigenvalue weighted by Gasteiger charge is 2.22. The lowest BCUT2D eigenvalue weighted by atomic mass is 9.96. The molecule has 0 radical (unpaired) electrons. The van der Waals surface area contributed by atoms with Crippen LogP contribution in [0.15, 0.2) is 30.5 Å². The minimum Gasteiger partial charge on any atom is -0.505 e. The number of aromatic hydroxyl groups is 1. The van der Waals surface area contributed by atoms with Gasteiger partial charge in [-0.1, -0.05) is 77.5 Å². The van der Waals surface area contributed by atoms with E-state index in [1.807, 2.05) is 12.1 Å². The van der Waals surface area contributed by atoms with E-state index >= 15 is 0 Å². The van der Waals surface area contributed by atoms with Gasteiger partial charge in [0, 0.05) is 23.2 Å². The van der Waals surface area contributed by atoms with Crippen molar-refractivity contribution in [3.05, 3.63) is 36.0 Å². The zero-order valence-electron chi connectivity index (χ0n) is 16.2. The van der Waals surface area contributed by atoms with Gasteiger partial charge in [0.05, 0.1) is 0 Å². The highest BCUT2D eigenvalue weighted by molar-refractivity contribution is 5.85. The van der Waals surface area contributed by atoms with Crippen LogP contribution >= 0.6 is 0 Å². The van der Waals surface area contributed by atoms with E-state index in [0.29, 0.717) is 5.75 Å². The molecule has 0 saturated heterocycles.